The highest BCUT2D eigenvalue weighted by Gasteiger charge is 2.32. The number of likely N-dealkylation sites (tertiary alicyclic amines) is 1. The van der Waals surface area contributed by atoms with E-state index < -0.39 is 0 Å². The van der Waals surface area contributed by atoms with Gasteiger partial charge in [0.15, 0.2) is 0 Å². The Hall–Kier alpha value is -1.09. The quantitative estimate of drug-likeness (QED) is 0.731. The molecule has 2 heterocycles. The molecule has 0 spiro atoms. The first-order chi connectivity index (χ1) is 8.49. The van der Waals surface area contributed by atoms with Gasteiger partial charge in [-0.15, -0.1) is 0 Å². The van der Waals surface area contributed by atoms with Crippen molar-refractivity contribution >= 4 is 17.5 Å². The summed E-state index contributed by atoms with van der Waals surface area (Å²) in [6.07, 6.45) is 1.17. The third-order valence-electron chi connectivity index (χ3n) is 3.79. The predicted octanol–water partition coefficient (Wildman–Crippen LogP) is 3.24. The molecule has 1 aliphatic heterocycles. The van der Waals surface area contributed by atoms with Crippen LogP contribution in [0.2, 0.25) is 5.15 Å². The van der Waals surface area contributed by atoms with Crippen LogP contribution >= 0.6 is 11.6 Å². The molecule has 1 aromatic heterocycles. The highest BCUT2D eigenvalue weighted by molar-refractivity contribution is 6.29. The Morgan fingerprint density at radius 1 is 1.39 bits per heavy atom. The molecule has 0 bridgehead atoms. The number of carbonyl (C=O) groups excluding carboxylic acids is 1. The standard InChI is InChI=1S/C14H19ClN2O/c1-9-7-10(2)11(3)17(8-9)14(18)12-5-4-6-13(15)16-12/h4-6,9-11H,7-8H2,1-3H3. The van der Waals surface area contributed by atoms with Crippen molar-refractivity contribution in [3.05, 3.63) is 29.0 Å². The van der Waals surface area contributed by atoms with Crippen molar-refractivity contribution in [3.63, 3.8) is 0 Å². The molecule has 3 nitrogen and oxygen atoms in total. The van der Waals surface area contributed by atoms with Gasteiger partial charge >= 0.3 is 0 Å². The van der Waals surface area contributed by atoms with Gasteiger partial charge in [-0.3, -0.25) is 4.79 Å². The van der Waals surface area contributed by atoms with Crippen LogP contribution in [0.4, 0.5) is 0 Å². The molecule has 1 amide bonds. The topological polar surface area (TPSA) is 33.2 Å². The number of halogens is 1. The number of rotatable bonds is 1. The lowest BCUT2D eigenvalue weighted by molar-refractivity contribution is 0.0450. The monoisotopic (exact) mass is 266 g/mol. The summed E-state index contributed by atoms with van der Waals surface area (Å²) < 4.78 is 0. The molecule has 0 N–H and O–H groups in total. The third-order valence-corrected chi connectivity index (χ3v) is 4.00. The second-order valence-corrected chi connectivity index (χ2v) is 5.75. The van der Waals surface area contributed by atoms with E-state index >= 15 is 0 Å². The van der Waals surface area contributed by atoms with Gasteiger partial charge in [0, 0.05) is 12.6 Å². The van der Waals surface area contributed by atoms with Crippen LogP contribution in [0.25, 0.3) is 0 Å². The summed E-state index contributed by atoms with van der Waals surface area (Å²) in [5.74, 6) is 1.06. The number of amides is 1. The summed E-state index contributed by atoms with van der Waals surface area (Å²) in [4.78, 5) is 18.5. The van der Waals surface area contributed by atoms with Crippen LogP contribution in [-0.4, -0.2) is 28.4 Å². The lowest BCUT2D eigenvalue weighted by Crippen LogP contribution is -2.49. The molecule has 3 atom stereocenters. The van der Waals surface area contributed by atoms with E-state index in [1.165, 1.54) is 6.42 Å². The van der Waals surface area contributed by atoms with Crippen LogP contribution in [-0.2, 0) is 0 Å². The Balaban J connectivity index is 2.22. The summed E-state index contributed by atoms with van der Waals surface area (Å²) in [5, 5.41) is 0.367. The van der Waals surface area contributed by atoms with Crippen molar-refractivity contribution in [2.24, 2.45) is 11.8 Å². The average Bonchev–Trinajstić information content (AvgIpc) is 2.33. The molecule has 1 aliphatic rings. The van der Waals surface area contributed by atoms with E-state index in [0.29, 0.717) is 22.7 Å². The van der Waals surface area contributed by atoms with Gasteiger partial charge in [0.25, 0.3) is 5.91 Å². The number of pyridine rings is 1. The highest BCUT2D eigenvalue weighted by Crippen LogP contribution is 2.28. The zero-order valence-electron chi connectivity index (χ0n) is 11.1. The Morgan fingerprint density at radius 2 is 2.11 bits per heavy atom. The van der Waals surface area contributed by atoms with E-state index in [4.69, 9.17) is 11.6 Å². The molecule has 1 saturated heterocycles. The number of nitrogens with zero attached hydrogens (tertiary/aromatic N) is 2. The van der Waals surface area contributed by atoms with Gasteiger partial charge in [-0.25, -0.2) is 4.98 Å². The van der Waals surface area contributed by atoms with Gasteiger partial charge in [-0.05, 0) is 37.3 Å². The molecular formula is C14H19ClN2O. The maximum atomic E-state index is 12.5. The van der Waals surface area contributed by atoms with Crippen molar-refractivity contribution in [1.82, 2.24) is 9.88 Å². The molecule has 3 unspecified atom stereocenters. The minimum Gasteiger partial charge on any atom is -0.334 e. The van der Waals surface area contributed by atoms with Crippen molar-refractivity contribution in [2.45, 2.75) is 33.2 Å². The predicted molar refractivity (Wildman–Crippen MR) is 72.7 cm³/mol. The summed E-state index contributed by atoms with van der Waals surface area (Å²) in [6.45, 7) is 7.30. The smallest absolute Gasteiger partial charge is 0.272 e. The summed E-state index contributed by atoms with van der Waals surface area (Å²) in [5.41, 5.74) is 0.440. The van der Waals surface area contributed by atoms with Crippen LogP contribution in [0, 0.1) is 11.8 Å². The van der Waals surface area contributed by atoms with E-state index in [1.54, 1.807) is 18.2 Å². The molecular weight excluding hydrogens is 248 g/mol. The molecule has 1 fully saturated rings. The normalized spacial score (nSPS) is 28.2. The van der Waals surface area contributed by atoms with Crippen LogP contribution in [0.3, 0.4) is 0 Å². The maximum absolute atomic E-state index is 12.5. The molecule has 0 aromatic carbocycles. The fourth-order valence-corrected chi connectivity index (χ4v) is 2.82. The fourth-order valence-electron chi connectivity index (χ4n) is 2.66. The van der Waals surface area contributed by atoms with Gasteiger partial charge in [0.2, 0.25) is 0 Å². The number of hydrogen-bond donors (Lipinski definition) is 0. The second kappa shape index (κ2) is 5.27. The Labute approximate surface area is 113 Å². The largest absolute Gasteiger partial charge is 0.334 e. The van der Waals surface area contributed by atoms with E-state index in [-0.39, 0.29) is 11.9 Å². The van der Waals surface area contributed by atoms with Crippen LogP contribution in [0.15, 0.2) is 18.2 Å². The summed E-state index contributed by atoms with van der Waals surface area (Å²) >= 11 is 5.84. The van der Waals surface area contributed by atoms with Gasteiger partial charge in [0.05, 0.1) is 0 Å². The first kappa shape index (κ1) is 13.3. The first-order valence-electron chi connectivity index (χ1n) is 6.42. The van der Waals surface area contributed by atoms with Gasteiger partial charge < -0.3 is 4.90 Å². The SMILES string of the molecule is CC1CC(C)C(C)N(C(=O)c2cccc(Cl)n2)C1. The Kier molecular flexibility index (Phi) is 3.91. The molecule has 0 aliphatic carbocycles. The first-order valence-corrected chi connectivity index (χ1v) is 6.80. The molecule has 0 radical (unpaired) electrons. The van der Waals surface area contributed by atoms with E-state index in [0.717, 1.165) is 6.54 Å². The molecule has 1 aromatic rings. The lowest BCUT2D eigenvalue weighted by Gasteiger charge is -2.40. The van der Waals surface area contributed by atoms with E-state index in [1.807, 2.05) is 4.90 Å². The van der Waals surface area contributed by atoms with Crippen molar-refractivity contribution in [2.75, 3.05) is 6.54 Å². The van der Waals surface area contributed by atoms with E-state index in [2.05, 4.69) is 25.8 Å². The molecule has 2 rings (SSSR count). The maximum Gasteiger partial charge on any atom is 0.272 e. The molecule has 98 valence electrons. The number of aromatic nitrogens is 1. The Bertz CT molecular complexity index is 449. The van der Waals surface area contributed by atoms with Gasteiger partial charge in [-0.1, -0.05) is 31.5 Å². The highest BCUT2D eigenvalue weighted by atomic mass is 35.5. The molecule has 18 heavy (non-hydrogen) atoms. The van der Waals surface area contributed by atoms with Gasteiger partial charge in [0.1, 0.15) is 10.8 Å². The third kappa shape index (κ3) is 2.66. The van der Waals surface area contributed by atoms with Crippen LogP contribution < -0.4 is 0 Å². The molecule has 4 heteroatoms. The van der Waals surface area contributed by atoms with Crippen molar-refractivity contribution < 1.29 is 4.79 Å². The zero-order valence-corrected chi connectivity index (χ0v) is 11.8. The minimum atomic E-state index is -0.0107. The average molecular weight is 267 g/mol. The second-order valence-electron chi connectivity index (χ2n) is 5.36. The lowest BCUT2D eigenvalue weighted by atomic mass is 9.86. The van der Waals surface area contributed by atoms with Gasteiger partial charge in [-0.2, -0.15) is 0 Å². The fraction of sp³-hybridized carbons (Fsp3) is 0.571. The van der Waals surface area contributed by atoms with Crippen molar-refractivity contribution in [1.29, 1.82) is 0 Å². The van der Waals surface area contributed by atoms with Crippen LogP contribution in [0.5, 0.6) is 0 Å². The Morgan fingerprint density at radius 3 is 2.78 bits per heavy atom. The number of carbonyl (C=O) groups is 1. The summed E-state index contributed by atoms with van der Waals surface area (Å²) in [6, 6.07) is 5.44. The number of piperidine rings is 1. The van der Waals surface area contributed by atoms with E-state index in [9.17, 15) is 4.79 Å². The zero-order chi connectivity index (χ0) is 13.3. The summed E-state index contributed by atoms with van der Waals surface area (Å²) in [7, 11) is 0. The number of hydrogen-bond acceptors (Lipinski definition) is 2. The minimum absolute atomic E-state index is 0.0107. The molecule has 0 saturated carbocycles. The van der Waals surface area contributed by atoms with Crippen LogP contribution in [0.1, 0.15) is 37.7 Å². The van der Waals surface area contributed by atoms with Crippen molar-refractivity contribution in [3.8, 4) is 0 Å².